The van der Waals surface area contributed by atoms with E-state index in [4.69, 9.17) is 9.15 Å². The minimum Gasteiger partial charge on any atom is -0.423 e. The summed E-state index contributed by atoms with van der Waals surface area (Å²) in [7, 11) is 0. The molecule has 2 aromatic carbocycles. The van der Waals surface area contributed by atoms with Gasteiger partial charge in [-0.1, -0.05) is 40.2 Å². The van der Waals surface area contributed by atoms with Crippen molar-refractivity contribution in [2.24, 2.45) is 0 Å². The molecule has 3 aromatic rings. The summed E-state index contributed by atoms with van der Waals surface area (Å²) in [4.78, 5) is 4.32. The molecule has 124 valence electrons. The molecular formula is C19H19BrN2O2. The Morgan fingerprint density at radius 2 is 1.96 bits per heavy atom. The minimum absolute atomic E-state index is 0.476. The highest BCUT2D eigenvalue weighted by Crippen LogP contribution is 2.27. The number of oxazole rings is 1. The molecule has 0 aliphatic carbocycles. The van der Waals surface area contributed by atoms with Gasteiger partial charge in [-0.3, -0.25) is 0 Å². The number of ether oxygens (including phenoxy) is 1. The summed E-state index contributed by atoms with van der Waals surface area (Å²) >= 11 is 3.43. The quantitative estimate of drug-likeness (QED) is 0.590. The van der Waals surface area contributed by atoms with Gasteiger partial charge in [0.2, 0.25) is 0 Å². The van der Waals surface area contributed by atoms with Crippen LogP contribution in [0.15, 0.2) is 57.6 Å². The summed E-state index contributed by atoms with van der Waals surface area (Å²) in [5, 5.41) is 3.25. The van der Waals surface area contributed by atoms with Crippen LogP contribution in [0.5, 0.6) is 0 Å². The molecule has 3 rings (SSSR count). The van der Waals surface area contributed by atoms with Crippen LogP contribution in [0, 0.1) is 6.92 Å². The first-order valence-corrected chi connectivity index (χ1v) is 8.61. The third-order valence-corrected chi connectivity index (χ3v) is 4.18. The van der Waals surface area contributed by atoms with Crippen LogP contribution < -0.4 is 5.32 Å². The number of nitrogens with zero attached hydrogens (tertiary/aromatic N) is 1. The third-order valence-electron chi connectivity index (χ3n) is 3.65. The lowest BCUT2D eigenvalue weighted by Crippen LogP contribution is -1.97. The topological polar surface area (TPSA) is 47.3 Å². The zero-order valence-electron chi connectivity index (χ0n) is 13.7. The van der Waals surface area contributed by atoms with Gasteiger partial charge in [-0.2, -0.15) is 0 Å². The van der Waals surface area contributed by atoms with E-state index >= 15 is 0 Å². The van der Waals surface area contributed by atoms with Crippen LogP contribution in [-0.4, -0.2) is 11.6 Å². The summed E-state index contributed by atoms with van der Waals surface area (Å²) in [5.74, 6) is 0.730. The van der Waals surface area contributed by atoms with Gasteiger partial charge in [-0.15, -0.1) is 0 Å². The van der Waals surface area contributed by atoms with Crippen LogP contribution in [-0.2, 0) is 11.3 Å². The van der Waals surface area contributed by atoms with Crippen molar-refractivity contribution >= 4 is 27.6 Å². The molecule has 0 fully saturated rings. The zero-order valence-corrected chi connectivity index (χ0v) is 15.3. The van der Waals surface area contributed by atoms with Crippen LogP contribution >= 0.6 is 15.9 Å². The lowest BCUT2D eigenvalue weighted by atomic mass is 10.1. The fourth-order valence-corrected chi connectivity index (χ4v) is 2.57. The minimum atomic E-state index is 0.476. The van der Waals surface area contributed by atoms with E-state index in [0.717, 1.165) is 32.6 Å². The third kappa shape index (κ3) is 4.04. The normalized spacial score (nSPS) is 10.8. The number of aromatic nitrogens is 1. The molecule has 1 N–H and O–H groups in total. The summed E-state index contributed by atoms with van der Waals surface area (Å²) in [6, 6.07) is 14.6. The van der Waals surface area contributed by atoms with Crippen molar-refractivity contribution in [1.82, 2.24) is 4.98 Å². The molecule has 0 saturated heterocycles. The monoisotopic (exact) mass is 386 g/mol. The van der Waals surface area contributed by atoms with E-state index in [-0.39, 0.29) is 0 Å². The van der Waals surface area contributed by atoms with Crippen molar-refractivity contribution < 1.29 is 9.15 Å². The van der Waals surface area contributed by atoms with Crippen LogP contribution in [0.25, 0.3) is 11.3 Å². The lowest BCUT2D eigenvalue weighted by molar-refractivity contribution is 0.134. The molecule has 0 radical (unpaired) electrons. The highest BCUT2D eigenvalue weighted by atomic mass is 79.9. The molecule has 0 spiro atoms. The fourth-order valence-electron chi connectivity index (χ4n) is 2.31. The van der Waals surface area contributed by atoms with Crippen LogP contribution in [0.4, 0.5) is 11.7 Å². The van der Waals surface area contributed by atoms with E-state index in [1.165, 1.54) is 0 Å². The predicted molar refractivity (Wildman–Crippen MR) is 99.4 cm³/mol. The Morgan fingerprint density at radius 1 is 1.17 bits per heavy atom. The van der Waals surface area contributed by atoms with Crippen molar-refractivity contribution in [3.05, 3.63) is 64.3 Å². The summed E-state index contributed by atoms with van der Waals surface area (Å²) < 4.78 is 12.3. The molecule has 1 aromatic heterocycles. The second kappa shape index (κ2) is 7.64. The molecule has 0 amide bonds. The second-order valence-electron chi connectivity index (χ2n) is 5.45. The smallest absolute Gasteiger partial charge is 0.299 e. The molecule has 1 heterocycles. The van der Waals surface area contributed by atoms with Gasteiger partial charge in [-0.25, -0.2) is 4.98 Å². The highest BCUT2D eigenvalue weighted by molar-refractivity contribution is 9.10. The Hall–Kier alpha value is -2.11. The number of nitrogens with one attached hydrogen (secondary N) is 1. The Balaban J connectivity index is 1.78. The number of benzene rings is 2. The molecule has 0 atom stereocenters. The van der Waals surface area contributed by atoms with Gasteiger partial charge in [0.1, 0.15) is 0 Å². The maximum absolute atomic E-state index is 5.82. The van der Waals surface area contributed by atoms with Crippen LogP contribution in [0.2, 0.25) is 0 Å². The summed E-state index contributed by atoms with van der Waals surface area (Å²) in [6.07, 6.45) is 1.73. The zero-order chi connectivity index (χ0) is 16.9. The average Bonchev–Trinajstić information content (AvgIpc) is 3.05. The largest absolute Gasteiger partial charge is 0.423 e. The molecular weight excluding hydrogens is 368 g/mol. The van der Waals surface area contributed by atoms with E-state index in [0.29, 0.717) is 19.2 Å². The van der Waals surface area contributed by atoms with Gasteiger partial charge in [0, 0.05) is 22.3 Å². The molecule has 0 aliphatic rings. The van der Waals surface area contributed by atoms with Crippen LogP contribution in [0.1, 0.15) is 18.1 Å². The molecule has 5 heteroatoms. The van der Waals surface area contributed by atoms with Gasteiger partial charge >= 0.3 is 0 Å². The number of halogens is 1. The van der Waals surface area contributed by atoms with E-state index in [9.17, 15) is 0 Å². The first kappa shape index (κ1) is 16.7. The summed E-state index contributed by atoms with van der Waals surface area (Å²) in [6.45, 7) is 5.34. The number of hydrogen-bond acceptors (Lipinski definition) is 4. The van der Waals surface area contributed by atoms with Crippen molar-refractivity contribution in [1.29, 1.82) is 0 Å². The van der Waals surface area contributed by atoms with Crippen molar-refractivity contribution in [2.45, 2.75) is 20.5 Å². The van der Waals surface area contributed by atoms with E-state index in [1.54, 1.807) is 6.20 Å². The molecule has 4 nitrogen and oxygen atoms in total. The number of anilines is 2. The average molecular weight is 387 g/mol. The number of hydrogen-bond donors (Lipinski definition) is 1. The summed E-state index contributed by atoms with van der Waals surface area (Å²) in [5.41, 5.74) is 4.19. The van der Waals surface area contributed by atoms with Gasteiger partial charge in [0.15, 0.2) is 5.76 Å². The Labute approximate surface area is 150 Å². The number of aryl methyl sites for hydroxylation is 1. The van der Waals surface area contributed by atoms with Crippen molar-refractivity contribution in [3.63, 3.8) is 0 Å². The van der Waals surface area contributed by atoms with Crippen LogP contribution in [0.3, 0.4) is 0 Å². The van der Waals surface area contributed by atoms with Gasteiger partial charge in [0.25, 0.3) is 6.01 Å². The first-order valence-electron chi connectivity index (χ1n) is 7.82. The maximum atomic E-state index is 5.82. The predicted octanol–water partition coefficient (Wildman–Crippen LogP) is 5.69. The SMILES string of the molecule is CCOCc1ccc(C)c(Nc2ncc(-c3ccc(Br)cc3)o2)c1. The fraction of sp³-hybridized carbons (Fsp3) is 0.211. The maximum Gasteiger partial charge on any atom is 0.299 e. The molecule has 0 bridgehead atoms. The van der Waals surface area contributed by atoms with Gasteiger partial charge in [0.05, 0.1) is 12.8 Å². The first-order chi connectivity index (χ1) is 11.7. The van der Waals surface area contributed by atoms with E-state index in [2.05, 4.69) is 44.4 Å². The van der Waals surface area contributed by atoms with E-state index < -0.39 is 0 Å². The molecule has 24 heavy (non-hydrogen) atoms. The second-order valence-corrected chi connectivity index (χ2v) is 6.36. The van der Waals surface area contributed by atoms with Gasteiger partial charge in [-0.05, 0) is 43.2 Å². The Morgan fingerprint density at radius 3 is 2.71 bits per heavy atom. The molecule has 0 saturated carbocycles. The Kier molecular flexibility index (Phi) is 5.33. The van der Waals surface area contributed by atoms with E-state index in [1.807, 2.05) is 38.1 Å². The number of rotatable bonds is 6. The highest BCUT2D eigenvalue weighted by Gasteiger charge is 2.08. The van der Waals surface area contributed by atoms with Crippen molar-refractivity contribution in [2.75, 3.05) is 11.9 Å². The lowest BCUT2D eigenvalue weighted by Gasteiger charge is -2.09. The Bertz CT molecular complexity index is 812. The molecule has 0 aliphatic heterocycles. The molecule has 0 unspecified atom stereocenters. The van der Waals surface area contributed by atoms with Gasteiger partial charge < -0.3 is 14.5 Å². The van der Waals surface area contributed by atoms with Crippen molar-refractivity contribution in [3.8, 4) is 11.3 Å². The standard InChI is InChI=1S/C19H19BrN2O2/c1-3-23-12-14-5-4-13(2)17(10-14)22-19-21-11-18(24-19)15-6-8-16(20)9-7-15/h4-11H,3,12H2,1-2H3,(H,21,22).